The number of hydrogen-bond donors (Lipinski definition) is 1. The normalized spacial score (nSPS) is 30.5. The van der Waals surface area contributed by atoms with Crippen molar-refractivity contribution in [2.24, 2.45) is 17.8 Å². The zero-order chi connectivity index (χ0) is 24.7. The minimum Gasteiger partial charge on any atom is -0.454 e. The highest BCUT2D eigenvalue weighted by Gasteiger charge is 2.53. The van der Waals surface area contributed by atoms with Gasteiger partial charge in [0.15, 0.2) is 11.5 Å². The van der Waals surface area contributed by atoms with Gasteiger partial charge < -0.3 is 9.47 Å². The van der Waals surface area contributed by atoms with Crippen LogP contribution in [0.1, 0.15) is 49.7 Å². The molecule has 9 rings (SSSR count). The Hall–Kier alpha value is -3.25. The van der Waals surface area contributed by atoms with E-state index in [0.29, 0.717) is 11.7 Å². The maximum absolute atomic E-state index is 11.9. The highest BCUT2D eigenvalue weighted by molar-refractivity contribution is 8.18. The van der Waals surface area contributed by atoms with Crippen LogP contribution in [0, 0.1) is 17.8 Å². The number of imide groups is 1. The summed E-state index contributed by atoms with van der Waals surface area (Å²) in [6, 6.07) is 17.2. The van der Waals surface area contributed by atoms with Crippen LogP contribution in [0.3, 0.4) is 0 Å². The van der Waals surface area contributed by atoms with Crippen LogP contribution in [0.25, 0.3) is 28.0 Å². The average molecular weight is 510 g/mol. The largest absolute Gasteiger partial charge is 0.454 e. The number of rotatable bonds is 3. The van der Waals surface area contributed by atoms with E-state index in [1.54, 1.807) is 6.08 Å². The lowest BCUT2D eigenvalue weighted by molar-refractivity contribution is -0.115. The minimum absolute atomic E-state index is 0.230. The maximum atomic E-state index is 11.9. The number of nitrogens with one attached hydrogen (secondary N) is 1. The Balaban J connectivity index is 1.18. The Labute approximate surface area is 219 Å². The van der Waals surface area contributed by atoms with Gasteiger partial charge in [0.1, 0.15) is 0 Å². The quantitative estimate of drug-likeness (QED) is 0.384. The van der Waals surface area contributed by atoms with Gasteiger partial charge in [-0.15, -0.1) is 0 Å². The molecule has 1 N–H and O–H groups in total. The maximum Gasteiger partial charge on any atom is 0.290 e. The Morgan fingerprint density at radius 1 is 0.838 bits per heavy atom. The summed E-state index contributed by atoms with van der Waals surface area (Å²) in [5.74, 6) is 4.13. The molecule has 5 fully saturated rings. The molecule has 186 valence electrons. The molecule has 3 aromatic carbocycles. The van der Waals surface area contributed by atoms with E-state index in [-0.39, 0.29) is 16.6 Å². The molecule has 3 aromatic rings. The van der Waals surface area contributed by atoms with Crippen molar-refractivity contribution in [3.63, 3.8) is 0 Å². The predicted octanol–water partition coefficient (Wildman–Crippen LogP) is 7.03. The van der Waals surface area contributed by atoms with Crippen molar-refractivity contribution in [1.82, 2.24) is 5.32 Å². The monoisotopic (exact) mass is 509 g/mol. The standard InChI is InChI=1S/C31H27NO4S/c33-29-27(37-30(34)32-29)9-17-1-2-22-10-23(4-3-21(22)8-17)24-11-25(28-26(12-24)35-16-36-28)31-13-18-5-19(14-31)7-20(6-18)15-31/h1-4,8-12,18-20H,5-7,13-16H2,(H,32,33,34)/b27-9-. The second-order valence-corrected chi connectivity index (χ2v) is 12.6. The molecule has 0 aromatic heterocycles. The van der Waals surface area contributed by atoms with Crippen molar-refractivity contribution in [3.8, 4) is 22.6 Å². The van der Waals surface area contributed by atoms with E-state index in [9.17, 15) is 9.59 Å². The molecule has 4 bridgehead atoms. The molecule has 0 atom stereocenters. The average Bonchev–Trinajstić information content (AvgIpc) is 3.47. The van der Waals surface area contributed by atoms with Crippen LogP contribution in [-0.4, -0.2) is 17.9 Å². The number of fused-ring (bicyclic) bond motifs is 2. The highest BCUT2D eigenvalue weighted by Crippen LogP contribution is 2.63. The second-order valence-electron chi connectivity index (χ2n) is 11.6. The van der Waals surface area contributed by atoms with Crippen molar-refractivity contribution < 1.29 is 19.1 Å². The van der Waals surface area contributed by atoms with E-state index >= 15 is 0 Å². The van der Waals surface area contributed by atoms with E-state index < -0.39 is 0 Å². The van der Waals surface area contributed by atoms with Gasteiger partial charge in [0.05, 0.1) is 4.91 Å². The molecule has 37 heavy (non-hydrogen) atoms. The summed E-state index contributed by atoms with van der Waals surface area (Å²) < 4.78 is 12.0. The third-order valence-corrected chi connectivity index (χ3v) is 10.0. The SMILES string of the molecule is O=C1NC(=O)/C(=C/c2ccc3cc(-c4cc5c(c(C67CC8CC(CC(C8)C6)C7)c4)OCO5)ccc3c2)S1. The summed E-state index contributed by atoms with van der Waals surface area (Å²) in [6.45, 7) is 0.302. The van der Waals surface area contributed by atoms with E-state index in [1.807, 2.05) is 6.07 Å². The lowest BCUT2D eigenvalue weighted by Crippen LogP contribution is -2.48. The second kappa shape index (κ2) is 7.87. The van der Waals surface area contributed by atoms with E-state index in [4.69, 9.17) is 9.47 Å². The van der Waals surface area contributed by atoms with Gasteiger partial charge in [-0.2, -0.15) is 0 Å². The molecule has 0 spiro atoms. The fourth-order valence-corrected chi connectivity index (χ4v) is 8.80. The molecule has 2 amide bonds. The van der Waals surface area contributed by atoms with Gasteiger partial charge in [-0.25, -0.2) is 0 Å². The van der Waals surface area contributed by atoms with Gasteiger partial charge in [-0.3, -0.25) is 14.9 Å². The third kappa shape index (κ3) is 3.52. The molecule has 4 saturated carbocycles. The number of amides is 2. The van der Waals surface area contributed by atoms with Gasteiger partial charge in [0, 0.05) is 5.56 Å². The first-order valence-electron chi connectivity index (χ1n) is 13.2. The highest BCUT2D eigenvalue weighted by atomic mass is 32.2. The fraction of sp³-hybridized carbons (Fsp3) is 0.355. The van der Waals surface area contributed by atoms with Crippen molar-refractivity contribution >= 4 is 39.8 Å². The molecule has 2 heterocycles. The first-order valence-corrected chi connectivity index (χ1v) is 14.1. The summed E-state index contributed by atoms with van der Waals surface area (Å²) >= 11 is 0.944. The van der Waals surface area contributed by atoms with E-state index in [2.05, 4.69) is 47.8 Å². The molecule has 5 nitrogen and oxygen atoms in total. The van der Waals surface area contributed by atoms with E-state index in [1.165, 1.54) is 55.2 Å². The summed E-state index contributed by atoms with van der Waals surface area (Å²) in [5, 5.41) is 4.22. The number of thioether (sulfide) groups is 1. The molecule has 4 aliphatic carbocycles. The van der Waals surface area contributed by atoms with Crippen LogP contribution in [0.15, 0.2) is 53.4 Å². The lowest BCUT2D eigenvalue weighted by Gasteiger charge is -2.57. The zero-order valence-electron chi connectivity index (χ0n) is 20.4. The Bertz CT molecular complexity index is 1500. The molecule has 2 aliphatic heterocycles. The summed E-state index contributed by atoms with van der Waals surface area (Å²) in [4.78, 5) is 23.8. The minimum atomic E-state index is -0.330. The Kier molecular flexibility index (Phi) is 4.64. The zero-order valence-corrected chi connectivity index (χ0v) is 21.2. The van der Waals surface area contributed by atoms with Gasteiger partial charge >= 0.3 is 0 Å². The summed E-state index contributed by atoms with van der Waals surface area (Å²) in [7, 11) is 0. The van der Waals surface area contributed by atoms with Crippen molar-refractivity contribution in [1.29, 1.82) is 0 Å². The van der Waals surface area contributed by atoms with Gasteiger partial charge in [-0.1, -0.05) is 24.3 Å². The first-order chi connectivity index (χ1) is 18.0. The molecule has 0 radical (unpaired) electrons. The molecule has 0 unspecified atom stereocenters. The number of carbonyl (C=O) groups is 2. The van der Waals surface area contributed by atoms with E-state index in [0.717, 1.165) is 57.4 Å². The Morgan fingerprint density at radius 2 is 1.57 bits per heavy atom. The third-order valence-electron chi connectivity index (χ3n) is 9.22. The van der Waals surface area contributed by atoms with Crippen molar-refractivity contribution in [2.75, 3.05) is 6.79 Å². The lowest BCUT2D eigenvalue weighted by atomic mass is 9.48. The number of ether oxygens (including phenoxy) is 2. The topological polar surface area (TPSA) is 64.6 Å². The molecule has 1 saturated heterocycles. The fourth-order valence-electron chi connectivity index (χ4n) is 8.12. The van der Waals surface area contributed by atoms with Crippen molar-refractivity contribution in [3.05, 3.63) is 64.6 Å². The number of benzene rings is 3. The van der Waals surface area contributed by atoms with Gasteiger partial charge in [-0.05, 0) is 131 Å². The van der Waals surface area contributed by atoms with Crippen LogP contribution in [0.5, 0.6) is 11.5 Å². The van der Waals surface area contributed by atoms with Gasteiger partial charge in [0.2, 0.25) is 6.79 Å². The number of carbonyl (C=O) groups excluding carboxylic acids is 2. The van der Waals surface area contributed by atoms with Crippen molar-refractivity contribution in [2.45, 2.75) is 43.9 Å². The molecule has 6 heteroatoms. The van der Waals surface area contributed by atoms with Crippen LogP contribution in [0.2, 0.25) is 0 Å². The van der Waals surface area contributed by atoms with Crippen LogP contribution < -0.4 is 14.8 Å². The molecule has 6 aliphatic rings. The summed E-state index contributed by atoms with van der Waals surface area (Å²) in [5.41, 5.74) is 4.86. The molecular formula is C31H27NO4S. The predicted molar refractivity (Wildman–Crippen MR) is 144 cm³/mol. The van der Waals surface area contributed by atoms with Gasteiger partial charge in [0.25, 0.3) is 11.1 Å². The number of hydrogen-bond acceptors (Lipinski definition) is 5. The molecular weight excluding hydrogens is 482 g/mol. The Morgan fingerprint density at radius 3 is 2.30 bits per heavy atom. The van der Waals surface area contributed by atoms with Crippen LogP contribution in [-0.2, 0) is 10.2 Å². The summed E-state index contributed by atoms with van der Waals surface area (Å²) in [6.07, 6.45) is 9.89. The van der Waals surface area contributed by atoms with Crippen LogP contribution in [0.4, 0.5) is 4.79 Å². The van der Waals surface area contributed by atoms with Crippen LogP contribution >= 0.6 is 11.8 Å². The first kappa shape index (κ1) is 21.8. The smallest absolute Gasteiger partial charge is 0.290 e.